The molecule has 1 saturated heterocycles. The molecule has 4 rings (SSSR count). The van der Waals surface area contributed by atoms with Gasteiger partial charge in [-0.05, 0) is 62.2 Å². The van der Waals surface area contributed by atoms with Crippen LogP contribution in [0.2, 0.25) is 0 Å². The smallest absolute Gasteiger partial charge is 0.261 e. The molecule has 0 spiro atoms. The maximum atomic E-state index is 13.1. The number of likely N-dealkylation sites (tertiary alicyclic amines) is 1. The summed E-state index contributed by atoms with van der Waals surface area (Å²) >= 11 is 1.53. The number of para-hydroxylation sites is 1. The summed E-state index contributed by atoms with van der Waals surface area (Å²) in [6.45, 7) is 3.15. The van der Waals surface area contributed by atoms with Gasteiger partial charge in [0.1, 0.15) is 5.75 Å². The molecule has 6 nitrogen and oxygen atoms in total. The van der Waals surface area contributed by atoms with Gasteiger partial charge in [-0.3, -0.25) is 14.7 Å². The van der Waals surface area contributed by atoms with Gasteiger partial charge in [0, 0.05) is 35.4 Å². The van der Waals surface area contributed by atoms with Crippen LogP contribution in [-0.2, 0) is 6.54 Å². The lowest BCUT2D eigenvalue weighted by Gasteiger charge is -2.23. The Morgan fingerprint density at radius 2 is 1.97 bits per heavy atom. The quantitative estimate of drug-likeness (QED) is 0.496. The van der Waals surface area contributed by atoms with E-state index in [1.54, 1.807) is 24.5 Å². The molecule has 0 bridgehead atoms. The van der Waals surface area contributed by atoms with Crippen LogP contribution in [0.1, 0.15) is 57.0 Å². The molecule has 31 heavy (non-hydrogen) atoms. The predicted molar refractivity (Wildman–Crippen MR) is 123 cm³/mol. The second-order valence-electron chi connectivity index (χ2n) is 7.96. The molecule has 0 aliphatic carbocycles. The molecular weight excluding hydrogens is 408 g/mol. The van der Waals surface area contributed by atoms with Crippen molar-refractivity contribution in [2.24, 2.45) is 5.73 Å². The van der Waals surface area contributed by atoms with Crippen molar-refractivity contribution < 1.29 is 9.90 Å². The summed E-state index contributed by atoms with van der Waals surface area (Å²) in [6, 6.07) is 14.0. The van der Waals surface area contributed by atoms with Gasteiger partial charge in [0.2, 0.25) is 0 Å². The van der Waals surface area contributed by atoms with Gasteiger partial charge in [0.25, 0.3) is 5.91 Å². The second kappa shape index (κ2) is 10.0. The molecule has 1 amide bonds. The van der Waals surface area contributed by atoms with Crippen LogP contribution in [0.5, 0.6) is 5.75 Å². The van der Waals surface area contributed by atoms with Gasteiger partial charge in [-0.25, -0.2) is 0 Å². The SMILES string of the molecule is NC(CC(NC(=O)c1ccc(CN2CCCC2)s1)c1ccccc1O)c1cccnc1. The zero-order valence-electron chi connectivity index (χ0n) is 17.4. The van der Waals surface area contributed by atoms with E-state index in [0.29, 0.717) is 16.9 Å². The summed E-state index contributed by atoms with van der Waals surface area (Å²) in [5.41, 5.74) is 7.96. The molecule has 1 aliphatic rings. The standard InChI is InChI=1S/C24H28N4O2S/c25-20(17-6-5-11-26-15-17)14-21(19-7-1-2-8-22(19)29)27-24(30)23-10-9-18(31-23)16-28-12-3-4-13-28/h1-2,5-11,15,20-21,29H,3-4,12-14,16,25H2,(H,27,30). The number of nitrogens with zero attached hydrogens (tertiary/aromatic N) is 2. The molecule has 1 aliphatic heterocycles. The van der Waals surface area contributed by atoms with E-state index in [4.69, 9.17) is 5.73 Å². The fourth-order valence-electron chi connectivity index (χ4n) is 4.01. The molecule has 0 saturated carbocycles. The van der Waals surface area contributed by atoms with Crippen LogP contribution < -0.4 is 11.1 Å². The summed E-state index contributed by atoms with van der Waals surface area (Å²) in [5.74, 6) is -0.00333. The van der Waals surface area contributed by atoms with Crippen molar-refractivity contribution in [3.8, 4) is 5.75 Å². The zero-order valence-corrected chi connectivity index (χ0v) is 18.2. The van der Waals surface area contributed by atoms with Gasteiger partial charge in [0.05, 0.1) is 10.9 Å². The third-order valence-electron chi connectivity index (χ3n) is 5.68. The van der Waals surface area contributed by atoms with Gasteiger partial charge in [-0.15, -0.1) is 11.3 Å². The highest BCUT2D eigenvalue weighted by molar-refractivity contribution is 7.14. The predicted octanol–water partition coefficient (Wildman–Crippen LogP) is 4.01. The number of aromatic nitrogens is 1. The molecule has 2 unspecified atom stereocenters. The Kier molecular flexibility index (Phi) is 6.96. The van der Waals surface area contributed by atoms with Crippen LogP contribution in [0.25, 0.3) is 0 Å². The fraction of sp³-hybridized carbons (Fsp3) is 0.333. The molecule has 7 heteroatoms. The van der Waals surface area contributed by atoms with Crippen LogP contribution in [-0.4, -0.2) is 34.0 Å². The fourth-order valence-corrected chi connectivity index (χ4v) is 4.96. The summed E-state index contributed by atoms with van der Waals surface area (Å²) in [5, 5.41) is 13.5. The first-order valence-corrected chi connectivity index (χ1v) is 11.5. The average molecular weight is 437 g/mol. The van der Waals surface area contributed by atoms with E-state index in [2.05, 4.69) is 15.2 Å². The molecule has 0 radical (unpaired) electrons. The third-order valence-corrected chi connectivity index (χ3v) is 6.75. The zero-order chi connectivity index (χ0) is 21.6. The Morgan fingerprint density at radius 1 is 1.16 bits per heavy atom. The molecular formula is C24H28N4O2S. The summed E-state index contributed by atoms with van der Waals surface area (Å²) in [7, 11) is 0. The number of thiophene rings is 1. The summed E-state index contributed by atoms with van der Waals surface area (Å²) in [6.07, 6.45) is 6.38. The number of phenols is 1. The highest BCUT2D eigenvalue weighted by Gasteiger charge is 2.23. The van der Waals surface area contributed by atoms with E-state index in [-0.39, 0.29) is 17.7 Å². The first-order valence-electron chi connectivity index (χ1n) is 10.7. The number of hydrogen-bond acceptors (Lipinski definition) is 6. The highest BCUT2D eigenvalue weighted by atomic mass is 32.1. The first kappa shape index (κ1) is 21.5. The van der Waals surface area contributed by atoms with E-state index >= 15 is 0 Å². The Balaban J connectivity index is 1.49. The van der Waals surface area contributed by atoms with E-state index in [0.717, 1.165) is 25.2 Å². The Labute approximate surface area is 186 Å². The molecule has 1 fully saturated rings. The number of carbonyl (C=O) groups is 1. The minimum Gasteiger partial charge on any atom is -0.508 e. The number of nitrogens with one attached hydrogen (secondary N) is 1. The lowest BCUT2D eigenvalue weighted by molar-refractivity contribution is 0.0937. The number of amides is 1. The lowest BCUT2D eigenvalue weighted by Crippen LogP contribution is -2.30. The average Bonchev–Trinajstić information content (AvgIpc) is 3.47. The van der Waals surface area contributed by atoms with Crippen molar-refractivity contribution in [1.29, 1.82) is 0 Å². The van der Waals surface area contributed by atoms with Crippen LogP contribution >= 0.6 is 11.3 Å². The van der Waals surface area contributed by atoms with Gasteiger partial charge >= 0.3 is 0 Å². The van der Waals surface area contributed by atoms with Crippen LogP contribution in [0.4, 0.5) is 0 Å². The molecule has 1 aromatic carbocycles. The molecule has 4 N–H and O–H groups in total. The van der Waals surface area contributed by atoms with E-state index in [9.17, 15) is 9.90 Å². The van der Waals surface area contributed by atoms with Crippen molar-refractivity contribution in [1.82, 2.24) is 15.2 Å². The van der Waals surface area contributed by atoms with Crippen LogP contribution in [0.3, 0.4) is 0 Å². The molecule has 3 aromatic rings. The van der Waals surface area contributed by atoms with E-state index in [1.807, 2.05) is 36.4 Å². The van der Waals surface area contributed by atoms with Crippen molar-refractivity contribution in [3.05, 3.63) is 81.8 Å². The number of hydrogen-bond donors (Lipinski definition) is 3. The molecule has 2 atom stereocenters. The third kappa shape index (κ3) is 5.50. The Bertz CT molecular complexity index is 1000. The topological polar surface area (TPSA) is 91.5 Å². The molecule has 2 aromatic heterocycles. The number of carbonyl (C=O) groups excluding carboxylic acids is 1. The van der Waals surface area contributed by atoms with Gasteiger partial charge in [-0.1, -0.05) is 24.3 Å². The van der Waals surface area contributed by atoms with Crippen molar-refractivity contribution >= 4 is 17.2 Å². The van der Waals surface area contributed by atoms with Crippen molar-refractivity contribution in [2.45, 2.75) is 37.9 Å². The lowest BCUT2D eigenvalue weighted by atomic mass is 9.95. The summed E-state index contributed by atoms with van der Waals surface area (Å²) in [4.78, 5) is 21.5. The summed E-state index contributed by atoms with van der Waals surface area (Å²) < 4.78 is 0. The second-order valence-corrected chi connectivity index (χ2v) is 9.13. The van der Waals surface area contributed by atoms with Crippen LogP contribution in [0.15, 0.2) is 60.9 Å². The molecule has 3 heterocycles. The monoisotopic (exact) mass is 436 g/mol. The number of rotatable bonds is 8. The normalized spacial score (nSPS) is 16.2. The van der Waals surface area contributed by atoms with E-state index in [1.165, 1.54) is 29.1 Å². The van der Waals surface area contributed by atoms with Crippen LogP contribution in [0, 0.1) is 0 Å². The Hall–Kier alpha value is -2.74. The number of phenolic OH excluding ortho intramolecular Hbond substituents is 1. The number of pyridine rings is 1. The van der Waals surface area contributed by atoms with Gasteiger partial charge in [-0.2, -0.15) is 0 Å². The number of nitrogens with two attached hydrogens (primary N) is 1. The van der Waals surface area contributed by atoms with Crippen molar-refractivity contribution in [3.63, 3.8) is 0 Å². The number of benzene rings is 1. The van der Waals surface area contributed by atoms with Gasteiger partial charge < -0.3 is 16.2 Å². The maximum absolute atomic E-state index is 13.1. The minimum atomic E-state index is -0.423. The minimum absolute atomic E-state index is 0.145. The molecule has 162 valence electrons. The maximum Gasteiger partial charge on any atom is 0.261 e. The van der Waals surface area contributed by atoms with Crippen molar-refractivity contribution in [2.75, 3.05) is 13.1 Å². The number of aromatic hydroxyl groups is 1. The Morgan fingerprint density at radius 3 is 2.71 bits per heavy atom. The van der Waals surface area contributed by atoms with E-state index < -0.39 is 6.04 Å². The highest BCUT2D eigenvalue weighted by Crippen LogP contribution is 2.31. The first-order chi connectivity index (χ1) is 15.1. The largest absolute Gasteiger partial charge is 0.508 e. The van der Waals surface area contributed by atoms with Gasteiger partial charge in [0.15, 0.2) is 0 Å².